The van der Waals surface area contributed by atoms with Crippen LogP contribution in [0.3, 0.4) is 0 Å². The molecule has 0 heterocycles. The van der Waals surface area contributed by atoms with E-state index in [1.165, 1.54) is 18.2 Å². The summed E-state index contributed by atoms with van der Waals surface area (Å²) in [5.74, 6) is 0.0596. The van der Waals surface area contributed by atoms with Crippen LogP contribution in [-0.2, 0) is 19.1 Å². The molecular formula is C17H17ClF3NO. The third kappa shape index (κ3) is 5.15. The van der Waals surface area contributed by atoms with Gasteiger partial charge in [-0.15, -0.1) is 0 Å². The molecular weight excluding hydrogens is 327 g/mol. The van der Waals surface area contributed by atoms with Crippen LogP contribution in [0.4, 0.5) is 13.2 Å². The maximum Gasteiger partial charge on any atom is 0.416 e. The zero-order chi connectivity index (χ0) is 17.0. The van der Waals surface area contributed by atoms with E-state index >= 15 is 0 Å². The predicted molar refractivity (Wildman–Crippen MR) is 84.6 cm³/mol. The van der Waals surface area contributed by atoms with Gasteiger partial charge in [-0.05, 0) is 48.7 Å². The first-order valence-electron chi connectivity index (χ1n) is 7.12. The summed E-state index contributed by atoms with van der Waals surface area (Å²) in [4.78, 5) is 0. The van der Waals surface area contributed by atoms with Crippen LogP contribution in [0.5, 0.6) is 5.75 Å². The molecule has 0 aliphatic carbocycles. The molecule has 0 aliphatic heterocycles. The van der Waals surface area contributed by atoms with Gasteiger partial charge < -0.3 is 10.4 Å². The van der Waals surface area contributed by atoms with Crippen molar-refractivity contribution < 1.29 is 18.3 Å². The molecule has 0 radical (unpaired) electrons. The molecule has 124 valence electrons. The van der Waals surface area contributed by atoms with Crippen molar-refractivity contribution in [2.24, 2.45) is 0 Å². The van der Waals surface area contributed by atoms with Gasteiger partial charge in [-0.1, -0.05) is 29.8 Å². The Bertz CT molecular complexity index is 653. The number of phenols is 1. The van der Waals surface area contributed by atoms with Gasteiger partial charge in [0, 0.05) is 17.6 Å². The van der Waals surface area contributed by atoms with Crippen molar-refractivity contribution in [3.8, 4) is 5.75 Å². The number of hydrogen-bond acceptors (Lipinski definition) is 2. The van der Waals surface area contributed by atoms with Gasteiger partial charge in [0.25, 0.3) is 0 Å². The number of alkyl halides is 3. The van der Waals surface area contributed by atoms with Gasteiger partial charge in [0.15, 0.2) is 0 Å². The highest BCUT2D eigenvalue weighted by Crippen LogP contribution is 2.32. The Morgan fingerprint density at radius 2 is 1.87 bits per heavy atom. The Kier molecular flexibility index (Phi) is 5.55. The molecule has 0 saturated carbocycles. The van der Waals surface area contributed by atoms with Crippen molar-refractivity contribution >= 4 is 11.6 Å². The fourth-order valence-electron chi connectivity index (χ4n) is 2.40. The predicted octanol–water partition coefficient (Wildman–Crippen LogP) is 4.79. The molecule has 2 aromatic carbocycles. The summed E-state index contributed by atoms with van der Waals surface area (Å²) in [5, 5.41) is 13.0. The lowest BCUT2D eigenvalue weighted by molar-refractivity contribution is -0.138. The lowest BCUT2D eigenvalue weighted by Crippen LogP contribution is -2.28. The Morgan fingerprint density at radius 3 is 2.52 bits per heavy atom. The summed E-state index contributed by atoms with van der Waals surface area (Å²) in [6.45, 7) is 2.22. The normalized spacial score (nSPS) is 13.1. The quantitative estimate of drug-likeness (QED) is 0.818. The Balaban J connectivity index is 2.01. The van der Waals surface area contributed by atoms with Gasteiger partial charge in [-0.3, -0.25) is 0 Å². The van der Waals surface area contributed by atoms with E-state index in [-0.39, 0.29) is 23.8 Å². The smallest absolute Gasteiger partial charge is 0.416 e. The molecule has 23 heavy (non-hydrogen) atoms. The topological polar surface area (TPSA) is 32.3 Å². The lowest BCUT2D eigenvalue weighted by Gasteiger charge is -2.18. The van der Waals surface area contributed by atoms with Crippen LogP contribution in [0.15, 0.2) is 42.5 Å². The highest BCUT2D eigenvalue weighted by Gasteiger charge is 2.32. The van der Waals surface area contributed by atoms with Crippen molar-refractivity contribution in [2.75, 3.05) is 0 Å². The molecule has 2 N–H and O–H groups in total. The first kappa shape index (κ1) is 17.6. The molecule has 0 aliphatic rings. The fraction of sp³-hybridized carbons (Fsp3) is 0.294. The minimum Gasteiger partial charge on any atom is -0.508 e. The minimum absolute atomic E-state index is 0.0596. The molecule has 0 aromatic heterocycles. The van der Waals surface area contributed by atoms with Gasteiger partial charge in [-0.2, -0.15) is 13.2 Å². The molecule has 2 nitrogen and oxygen atoms in total. The van der Waals surface area contributed by atoms with Crippen LogP contribution in [0, 0.1) is 0 Å². The van der Waals surface area contributed by atoms with E-state index in [1.54, 1.807) is 18.2 Å². The van der Waals surface area contributed by atoms with E-state index in [2.05, 4.69) is 5.32 Å². The van der Waals surface area contributed by atoms with Crippen molar-refractivity contribution in [2.45, 2.75) is 32.1 Å². The van der Waals surface area contributed by atoms with Crippen molar-refractivity contribution in [3.05, 3.63) is 64.2 Å². The summed E-state index contributed by atoms with van der Waals surface area (Å²) < 4.78 is 38.9. The zero-order valence-corrected chi connectivity index (χ0v) is 13.2. The van der Waals surface area contributed by atoms with E-state index in [9.17, 15) is 18.3 Å². The maximum absolute atomic E-state index is 13.0. The average molecular weight is 344 g/mol. The lowest BCUT2D eigenvalue weighted by atomic mass is 10.0. The van der Waals surface area contributed by atoms with Gasteiger partial charge in [0.1, 0.15) is 5.75 Å². The number of halogens is 4. The molecule has 1 unspecified atom stereocenters. The first-order chi connectivity index (χ1) is 10.8. The van der Waals surface area contributed by atoms with E-state index < -0.39 is 11.7 Å². The van der Waals surface area contributed by atoms with Gasteiger partial charge in [0.2, 0.25) is 0 Å². The molecule has 6 heteroatoms. The second-order valence-corrected chi connectivity index (χ2v) is 5.90. The SMILES string of the molecule is CC(Cc1ccccc1C(F)(F)F)NCc1cc(O)cc(Cl)c1. The average Bonchev–Trinajstić information content (AvgIpc) is 2.43. The van der Waals surface area contributed by atoms with E-state index in [0.717, 1.165) is 11.6 Å². The Labute approximate surface area is 137 Å². The first-order valence-corrected chi connectivity index (χ1v) is 7.50. The molecule has 2 aromatic rings. The molecule has 0 bridgehead atoms. The Hall–Kier alpha value is -1.72. The van der Waals surface area contributed by atoms with Crippen LogP contribution in [0.1, 0.15) is 23.6 Å². The second-order valence-electron chi connectivity index (χ2n) is 5.46. The largest absolute Gasteiger partial charge is 0.508 e. The number of hydrogen-bond donors (Lipinski definition) is 2. The fourth-order valence-corrected chi connectivity index (χ4v) is 2.66. The minimum atomic E-state index is -4.35. The molecule has 0 saturated heterocycles. The summed E-state index contributed by atoms with van der Waals surface area (Å²) in [7, 11) is 0. The maximum atomic E-state index is 13.0. The standard InChI is InChI=1S/C17H17ClF3NO/c1-11(22-10-12-7-14(18)9-15(23)8-12)6-13-4-2-3-5-16(13)17(19,20)21/h2-5,7-9,11,22-23H,6,10H2,1H3. The van der Waals surface area contributed by atoms with Crippen molar-refractivity contribution in [1.29, 1.82) is 0 Å². The van der Waals surface area contributed by atoms with Crippen LogP contribution in [0.2, 0.25) is 5.02 Å². The van der Waals surface area contributed by atoms with Gasteiger partial charge in [-0.25, -0.2) is 0 Å². The van der Waals surface area contributed by atoms with Gasteiger partial charge in [0.05, 0.1) is 5.56 Å². The number of nitrogens with one attached hydrogen (secondary N) is 1. The number of rotatable bonds is 5. The van der Waals surface area contributed by atoms with Crippen molar-refractivity contribution in [1.82, 2.24) is 5.32 Å². The summed E-state index contributed by atoms with van der Waals surface area (Å²) in [5.41, 5.74) is 0.425. The van der Waals surface area contributed by atoms with E-state index in [0.29, 0.717) is 11.6 Å². The number of phenolic OH excluding ortho intramolecular Hbond substituents is 1. The number of aromatic hydroxyl groups is 1. The number of benzene rings is 2. The third-order valence-electron chi connectivity index (χ3n) is 3.45. The zero-order valence-electron chi connectivity index (χ0n) is 12.5. The highest BCUT2D eigenvalue weighted by molar-refractivity contribution is 6.30. The van der Waals surface area contributed by atoms with Crippen LogP contribution in [0.25, 0.3) is 0 Å². The van der Waals surface area contributed by atoms with Crippen molar-refractivity contribution in [3.63, 3.8) is 0 Å². The van der Waals surface area contributed by atoms with E-state index in [4.69, 9.17) is 11.6 Å². The third-order valence-corrected chi connectivity index (χ3v) is 3.66. The highest BCUT2D eigenvalue weighted by atomic mass is 35.5. The van der Waals surface area contributed by atoms with E-state index in [1.807, 2.05) is 6.92 Å². The summed E-state index contributed by atoms with van der Waals surface area (Å²) >= 11 is 5.85. The molecule has 0 fully saturated rings. The Morgan fingerprint density at radius 1 is 1.17 bits per heavy atom. The van der Waals surface area contributed by atoms with Crippen LogP contribution in [-0.4, -0.2) is 11.1 Å². The van der Waals surface area contributed by atoms with Gasteiger partial charge >= 0.3 is 6.18 Å². The van der Waals surface area contributed by atoms with Crippen LogP contribution >= 0.6 is 11.6 Å². The summed E-state index contributed by atoms with van der Waals surface area (Å²) in [6.07, 6.45) is -4.10. The second kappa shape index (κ2) is 7.23. The molecule has 0 spiro atoms. The monoisotopic (exact) mass is 343 g/mol. The molecule has 1 atom stereocenters. The summed E-state index contributed by atoms with van der Waals surface area (Å²) in [6, 6.07) is 10.1. The molecule has 2 rings (SSSR count). The van der Waals surface area contributed by atoms with Crippen LogP contribution < -0.4 is 5.32 Å². The molecule has 0 amide bonds.